The number of aromatic nitrogens is 1. The number of hydrogen-bond donors (Lipinski definition) is 1. The number of hydrogen-bond acceptors (Lipinski definition) is 2. The summed E-state index contributed by atoms with van der Waals surface area (Å²) in [5.74, 6) is -0.420. The molecular weight excluding hydrogens is 300 g/mol. The predicted molar refractivity (Wildman–Crippen MR) is 94.0 cm³/mol. The number of carbonyl (C=O) groups excluding carboxylic acids is 1. The maximum Gasteiger partial charge on any atom is 0.249 e. The normalized spacial score (nSPS) is 11.4. The van der Waals surface area contributed by atoms with Crippen LogP contribution >= 0.6 is 0 Å². The Morgan fingerprint density at radius 2 is 2.12 bits per heavy atom. The molecule has 24 heavy (non-hydrogen) atoms. The van der Waals surface area contributed by atoms with Gasteiger partial charge in [0.05, 0.1) is 30.1 Å². The van der Waals surface area contributed by atoms with E-state index in [0.717, 1.165) is 33.8 Å². The SMILES string of the molecule is CCc1c[c]c2c3c(C(N)=O)cccc3n(Cc3ccoc3)c2c1. The average molecular weight is 317 g/mol. The Hall–Kier alpha value is -3.01. The van der Waals surface area contributed by atoms with Crippen LogP contribution in [-0.4, -0.2) is 10.5 Å². The van der Waals surface area contributed by atoms with Gasteiger partial charge in [-0.25, -0.2) is 0 Å². The number of aryl methyl sites for hydroxylation is 1. The van der Waals surface area contributed by atoms with Crippen LogP contribution in [0.3, 0.4) is 0 Å². The minimum absolute atomic E-state index is 0.420. The molecule has 0 aliphatic carbocycles. The van der Waals surface area contributed by atoms with Crippen molar-refractivity contribution >= 4 is 27.7 Å². The standard InChI is InChI=1S/C20H17N2O2/c1-2-13-6-7-15-18(10-13)22(11-14-8-9-24-12-14)17-5-3-4-16(19(15)17)20(21)23/h3-6,8-10,12H,2,11H2,1H3,(H2,21,23). The van der Waals surface area contributed by atoms with Crippen molar-refractivity contribution in [3.8, 4) is 0 Å². The van der Waals surface area contributed by atoms with Gasteiger partial charge in [0.25, 0.3) is 0 Å². The zero-order valence-electron chi connectivity index (χ0n) is 13.4. The van der Waals surface area contributed by atoms with Gasteiger partial charge in [0, 0.05) is 21.9 Å². The molecule has 0 atom stereocenters. The van der Waals surface area contributed by atoms with E-state index in [1.165, 1.54) is 5.56 Å². The van der Waals surface area contributed by atoms with E-state index in [2.05, 4.69) is 23.6 Å². The molecule has 0 aliphatic heterocycles. The molecule has 0 bridgehead atoms. The van der Waals surface area contributed by atoms with Gasteiger partial charge in [-0.15, -0.1) is 0 Å². The lowest BCUT2D eigenvalue weighted by Gasteiger charge is -2.07. The van der Waals surface area contributed by atoms with Gasteiger partial charge < -0.3 is 14.7 Å². The van der Waals surface area contributed by atoms with E-state index < -0.39 is 5.91 Å². The number of nitrogens with two attached hydrogens (primary N) is 1. The maximum atomic E-state index is 11.9. The number of carbonyl (C=O) groups is 1. The first kappa shape index (κ1) is 14.6. The molecule has 2 N–H and O–H groups in total. The van der Waals surface area contributed by atoms with Crippen LogP contribution in [0.25, 0.3) is 21.8 Å². The second-order valence-corrected chi connectivity index (χ2v) is 5.90. The molecule has 1 amide bonds. The van der Waals surface area contributed by atoms with Crippen LogP contribution in [0, 0.1) is 6.07 Å². The average Bonchev–Trinajstić information content (AvgIpc) is 3.21. The number of benzene rings is 2. The Morgan fingerprint density at radius 3 is 2.83 bits per heavy atom. The molecule has 0 spiro atoms. The summed E-state index contributed by atoms with van der Waals surface area (Å²) in [5.41, 5.74) is 10.4. The summed E-state index contributed by atoms with van der Waals surface area (Å²) in [4.78, 5) is 11.9. The van der Waals surface area contributed by atoms with E-state index in [1.807, 2.05) is 24.3 Å². The summed E-state index contributed by atoms with van der Waals surface area (Å²) < 4.78 is 7.39. The smallest absolute Gasteiger partial charge is 0.249 e. The minimum Gasteiger partial charge on any atom is -0.472 e. The molecule has 4 nitrogen and oxygen atoms in total. The molecule has 4 heteroatoms. The number of primary amides is 1. The minimum atomic E-state index is -0.420. The van der Waals surface area contributed by atoms with Gasteiger partial charge in [0.2, 0.25) is 5.91 Å². The van der Waals surface area contributed by atoms with Crippen LogP contribution in [-0.2, 0) is 13.0 Å². The van der Waals surface area contributed by atoms with Crippen LogP contribution in [0.5, 0.6) is 0 Å². The Balaban J connectivity index is 2.09. The highest BCUT2D eigenvalue weighted by molar-refractivity contribution is 6.17. The summed E-state index contributed by atoms with van der Waals surface area (Å²) in [5, 5.41) is 1.80. The van der Waals surface area contributed by atoms with Crippen LogP contribution in [0.1, 0.15) is 28.4 Å². The van der Waals surface area contributed by atoms with Crippen molar-refractivity contribution in [1.29, 1.82) is 0 Å². The number of nitrogens with zero attached hydrogens (tertiary/aromatic N) is 1. The predicted octanol–water partition coefficient (Wildman–Crippen LogP) is 3.90. The molecular formula is C20H17N2O2. The van der Waals surface area contributed by atoms with Crippen molar-refractivity contribution in [2.24, 2.45) is 5.73 Å². The molecule has 0 unspecified atom stereocenters. The third-order valence-electron chi connectivity index (χ3n) is 4.45. The fraction of sp³-hybridized carbons (Fsp3) is 0.150. The molecule has 0 aliphatic rings. The maximum absolute atomic E-state index is 11.9. The van der Waals surface area contributed by atoms with E-state index in [9.17, 15) is 4.79 Å². The number of amides is 1. The lowest BCUT2D eigenvalue weighted by atomic mass is 10.0. The van der Waals surface area contributed by atoms with E-state index >= 15 is 0 Å². The Morgan fingerprint density at radius 1 is 1.25 bits per heavy atom. The first-order valence-corrected chi connectivity index (χ1v) is 7.95. The highest BCUT2D eigenvalue weighted by atomic mass is 16.3. The molecule has 1 radical (unpaired) electrons. The van der Waals surface area contributed by atoms with E-state index in [-0.39, 0.29) is 0 Å². The molecule has 0 fully saturated rings. The summed E-state index contributed by atoms with van der Waals surface area (Å²) in [6.45, 7) is 2.78. The van der Waals surface area contributed by atoms with Crippen LogP contribution < -0.4 is 5.73 Å². The van der Waals surface area contributed by atoms with Gasteiger partial charge in [-0.05, 0) is 42.3 Å². The van der Waals surface area contributed by atoms with E-state index in [4.69, 9.17) is 10.2 Å². The highest BCUT2D eigenvalue weighted by Gasteiger charge is 2.17. The molecule has 4 aromatic rings. The lowest BCUT2D eigenvalue weighted by molar-refractivity contribution is 0.100. The second-order valence-electron chi connectivity index (χ2n) is 5.90. The van der Waals surface area contributed by atoms with Gasteiger partial charge in [-0.1, -0.05) is 19.1 Å². The molecule has 2 heterocycles. The van der Waals surface area contributed by atoms with Gasteiger partial charge in [-0.2, -0.15) is 0 Å². The molecule has 2 aromatic carbocycles. The van der Waals surface area contributed by atoms with Crippen molar-refractivity contribution in [2.75, 3.05) is 0 Å². The van der Waals surface area contributed by atoms with Crippen LogP contribution in [0.2, 0.25) is 0 Å². The zero-order valence-corrected chi connectivity index (χ0v) is 13.4. The first-order chi connectivity index (χ1) is 11.7. The first-order valence-electron chi connectivity index (χ1n) is 7.95. The molecule has 119 valence electrons. The molecule has 2 aromatic heterocycles. The van der Waals surface area contributed by atoms with Crippen molar-refractivity contribution in [1.82, 2.24) is 4.57 Å². The molecule has 4 rings (SSSR count). The summed E-state index contributed by atoms with van der Waals surface area (Å²) in [6, 6.07) is 15.1. The van der Waals surface area contributed by atoms with Crippen molar-refractivity contribution in [3.05, 3.63) is 71.7 Å². The third-order valence-corrected chi connectivity index (χ3v) is 4.45. The van der Waals surface area contributed by atoms with Crippen molar-refractivity contribution in [3.63, 3.8) is 0 Å². The fourth-order valence-electron chi connectivity index (χ4n) is 3.24. The number of rotatable bonds is 4. The van der Waals surface area contributed by atoms with Gasteiger partial charge >= 0.3 is 0 Å². The van der Waals surface area contributed by atoms with Gasteiger partial charge in [-0.3, -0.25) is 4.79 Å². The van der Waals surface area contributed by atoms with Crippen LogP contribution in [0.4, 0.5) is 0 Å². The monoisotopic (exact) mass is 317 g/mol. The summed E-state index contributed by atoms with van der Waals surface area (Å²) >= 11 is 0. The number of furan rings is 1. The fourth-order valence-corrected chi connectivity index (χ4v) is 3.24. The highest BCUT2D eigenvalue weighted by Crippen LogP contribution is 2.32. The number of fused-ring (bicyclic) bond motifs is 3. The molecule has 0 saturated heterocycles. The second kappa shape index (κ2) is 5.57. The zero-order chi connectivity index (χ0) is 16.7. The van der Waals surface area contributed by atoms with Crippen LogP contribution in [0.15, 0.2) is 53.3 Å². The third kappa shape index (κ3) is 2.19. The molecule has 0 saturated carbocycles. The Kier molecular flexibility index (Phi) is 3.38. The largest absolute Gasteiger partial charge is 0.472 e. The van der Waals surface area contributed by atoms with Gasteiger partial charge in [0.15, 0.2) is 0 Å². The summed E-state index contributed by atoms with van der Waals surface area (Å²) in [6.07, 6.45) is 4.34. The lowest BCUT2D eigenvalue weighted by Crippen LogP contribution is -2.11. The van der Waals surface area contributed by atoms with Gasteiger partial charge in [0.1, 0.15) is 0 Å². The summed E-state index contributed by atoms with van der Waals surface area (Å²) in [7, 11) is 0. The van der Waals surface area contributed by atoms with E-state index in [0.29, 0.717) is 12.1 Å². The topological polar surface area (TPSA) is 61.2 Å². The quantitative estimate of drug-likeness (QED) is 0.620. The Labute approximate surface area is 139 Å². The van der Waals surface area contributed by atoms with Crippen molar-refractivity contribution in [2.45, 2.75) is 19.9 Å². The van der Waals surface area contributed by atoms with Crippen molar-refractivity contribution < 1.29 is 9.21 Å². The van der Waals surface area contributed by atoms with E-state index in [1.54, 1.807) is 18.6 Å². The Bertz CT molecular complexity index is 1040.